The lowest BCUT2D eigenvalue weighted by Crippen LogP contribution is -2.19. The molecule has 1 amide bonds. The van der Waals surface area contributed by atoms with E-state index in [9.17, 15) is 4.79 Å². The molecule has 32 heavy (non-hydrogen) atoms. The molecule has 1 N–H and O–H groups in total. The van der Waals surface area contributed by atoms with Crippen LogP contribution in [0.3, 0.4) is 0 Å². The molecule has 0 atom stereocenters. The number of nitrogens with zero attached hydrogens (tertiary/aromatic N) is 3. The summed E-state index contributed by atoms with van der Waals surface area (Å²) in [6.45, 7) is 0.552. The third-order valence-electron chi connectivity index (χ3n) is 4.41. The standard InChI is InChI=1S/C24H18Br2N4O2/c25-19-11-9-17(10-12-19)15-30-16-22(26)23(29-30)24(31)28-27-14-18-5-4-8-21(13-18)32-20-6-2-1-3-7-20/h1-14,16H,15H2,(H,28,31)/b27-14-. The van der Waals surface area contributed by atoms with Crippen LogP contribution in [0, 0.1) is 0 Å². The molecule has 0 aliphatic heterocycles. The SMILES string of the molecule is O=C(N/N=C\c1cccc(Oc2ccccc2)c1)c1nn(Cc2ccc(Br)cc2)cc1Br. The Bertz CT molecular complexity index is 1240. The highest BCUT2D eigenvalue weighted by atomic mass is 79.9. The number of rotatable bonds is 7. The first-order valence-electron chi connectivity index (χ1n) is 9.70. The molecule has 4 rings (SSSR count). The highest BCUT2D eigenvalue weighted by molar-refractivity contribution is 9.10. The molecule has 0 unspecified atom stereocenters. The molecule has 0 spiro atoms. The van der Waals surface area contributed by atoms with Crippen molar-refractivity contribution < 1.29 is 9.53 Å². The number of halogens is 2. The van der Waals surface area contributed by atoms with E-state index in [0.717, 1.165) is 21.3 Å². The zero-order valence-corrected chi connectivity index (χ0v) is 20.0. The molecular formula is C24H18Br2N4O2. The number of hydrogen-bond acceptors (Lipinski definition) is 4. The van der Waals surface area contributed by atoms with Gasteiger partial charge in [0.25, 0.3) is 5.91 Å². The summed E-state index contributed by atoms with van der Waals surface area (Å²) in [5, 5.41) is 8.42. The van der Waals surface area contributed by atoms with Crippen molar-refractivity contribution in [1.82, 2.24) is 15.2 Å². The minimum atomic E-state index is -0.403. The second-order valence-electron chi connectivity index (χ2n) is 6.84. The highest BCUT2D eigenvalue weighted by Crippen LogP contribution is 2.21. The van der Waals surface area contributed by atoms with Gasteiger partial charge in [0.1, 0.15) is 11.5 Å². The second-order valence-corrected chi connectivity index (χ2v) is 8.61. The van der Waals surface area contributed by atoms with Gasteiger partial charge in [-0.15, -0.1) is 0 Å². The van der Waals surface area contributed by atoms with Crippen LogP contribution in [0.4, 0.5) is 0 Å². The number of hydrazone groups is 1. The largest absolute Gasteiger partial charge is 0.457 e. The van der Waals surface area contributed by atoms with Crippen LogP contribution in [-0.2, 0) is 6.54 Å². The maximum absolute atomic E-state index is 12.5. The zero-order chi connectivity index (χ0) is 22.3. The highest BCUT2D eigenvalue weighted by Gasteiger charge is 2.15. The number of para-hydroxylation sites is 1. The Balaban J connectivity index is 1.38. The van der Waals surface area contributed by atoms with Gasteiger partial charge in [-0.05, 0) is 63.5 Å². The van der Waals surface area contributed by atoms with Crippen LogP contribution in [0.15, 0.2) is 99.1 Å². The molecule has 0 saturated heterocycles. The number of amides is 1. The predicted octanol–water partition coefficient (Wildman–Crippen LogP) is 6.01. The van der Waals surface area contributed by atoms with E-state index >= 15 is 0 Å². The first-order chi connectivity index (χ1) is 15.6. The van der Waals surface area contributed by atoms with Gasteiger partial charge in [-0.25, -0.2) is 5.43 Å². The molecule has 0 aliphatic carbocycles. The first-order valence-corrected chi connectivity index (χ1v) is 11.3. The van der Waals surface area contributed by atoms with Gasteiger partial charge in [-0.1, -0.05) is 58.4 Å². The van der Waals surface area contributed by atoms with Crippen LogP contribution in [0.1, 0.15) is 21.6 Å². The van der Waals surface area contributed by atoms with Gasteiger partial charge in [0.15, 0.2) is 5.69 Å². The normalized spacial score (nSPS) is 10.9. The molecular weight excluding hydrogens is 536 g/mol. The molecule has 0 radical (unpaired) electrons. The molecule has 4 aromatic rings. The maximum Gasteiger partial charge on any atom is 0.293 e. The Morgan fingerprint density at radius 1 is 1.00 bits per heavy atom. The zero-order valence-electron chi connectivity index (χ0n) is 16.8. The summed E-state index contributed by atoms with van der Waals surface area (Å²) >= 11 is 6.82. The molecule has 0 saturated carbocycles. The van der Waals surface area contributed by atoms with Crippen LogP contribution in [0.5, 0.6) is 11.5 Å². The molecule has 0 bridgehead atoms. The van der Waals surface area contributed by atoms with E-state index in [0.29, 0.717) is 16.8 Å². The Morgan fingerprint density at radius 3 is 2.53 bits per heavy atom. The summed E-state index contributed by atoms with van der Waals surface area (Å²) in [4.78, 5) is 12.5. The Kier molecular flexibility index (Phi) is 7.14. The predicted molar refractivity (Wildman–Crippen MR) is 131 cm³/mol. The van der Waals surface area contributed by atoms with Gasteiger partial charge in [0.05, 0.1) is 17.2 Å². The Labute approximate surface area is 202 Å². The van der Waals surface area contributed by atoms with Crippen LogP contribution < -0.4 is 10.2 Å². The molecule has 6 nitrogen and oxygen atoms in total. The number of nitrogens with one attached hydrogen (secondary N) is 1. The summed E-state index contributed by atoms with van der Waals surface area (Å²) < 4.78 is 9.13. The van der Waals surface area contributed by atoms with Gasteiger partial charge in [0, 0.05) is 10.7 Å². The summed E-state index contributed by atoms with van der Waals surface area (Å²) in [7, 11) is 0. The van der Waals surface area contributed by atoms with E-state index in [1.807, 2.05) is 78.9 Å². The van der Waals surface area contributed by atoms with Crippen LogP contribution >= 0.6 is 31.9 Å². The van der Waals surface area contributed by atoms with Gasteiger partial charge < -0.3 is 4.74 Å². The van der Waals surface area contributed by atoms with E-state index < -0.39 is 5.91 Å². The van der Waals surface area contributed by atoms with E-state index in [2.05, 4.69) is 47.5 Å². The first kappa shape index (κ1) is 22.0. The lowest BCUT2D eigenvalue weighted by molar-refractivity contribution is 0.0948. The summed E-state index contributed by atoms with van der Waals surface area (Å²) in [5.41, 5.74) is 4.65. The molecule has 160 valence electrons. The average molecular weight is 554 g/mol. The van der Waals surface area contributed by atoms with E-state index in [4.69, 9.17) is 4.74 Å². The molecule has 0 fully saturated rings. The van der Waals surface area contributed by atoms with E-state index in [1.165, 1.54) is 0 Å². The monoisotopic (exact) mass is 552 g/mol. The Hall–Kier alpha value is -3.23. The fourth-order valence-electron chi connectivity index (χ4n) is 2.91. The Morgan fingerprint density at radius 2 is 1.75 bits per heavy atom. The van der Waals surface area contributed by atoms with Gasteiger partial charge in [-0.2, -0.15) is 10.2 Å². The van der Waals surface area contributed by atoms with Crippen molar-refractivity contribution >= 4 is 44.0 Å². The number of hydrogen-bond donors (Lipinski definition) is 1. The molecule has 3 aromatic carbocycles. The summed E-state index contributed by atoms with van der Waals surface area (Å²) in [5.74, 6) is 1.03. The van der Waals surface area contributed by atoms with Crippen LogP contribution in [0.2, 0.25) is 0 Å². The minimum absolute atomic E-state index is 0.264. The quantitative estimate of drug-likeness (QED) is 0.225. The number of aromatic nitrogens is 2. The van der Waals surface area contributed by atoms with Gasteiger partial charge >= 0.3 is 0 Å². The second kappa shape index (κ2) is 10.4. The third kappa shape index (κ3) is 5.93. The van der Waals surface area contributed by atoms with Crippen molar-refractivity contribution in [2.45, 2.75) is 6.54 Å². The van der Waals surface area contributed by atoms with E-state index in [-0.39, 0.29) is 5.69 Å². The maximum atomic E-state index is 12.5. The minimum Gasteiger partial charge on any atom is -0.457 e. The number of carbonyl (C=O) groups is 1. The smallest absolute Gasteiger partial charge is 0.293 e. The lowest BCUT2D eigenvalue weighted by Gasteiger charge is -2.05. The van der Waals surface area contributed by atoms with Crippen LogP contribution in [0.25, 0.3) is 0 Å². The molecule has 1 aromatic heterocycles. The number of carbonyl (C=O) groups excluding carboxylic acids is 1. The average Bonchev–Trinajstić information content (AvgIpc) is 3.16. The van der Waals surface area contributed by atoms with Crippen molar-refractivity contribution in [1.29, 1.82) is 0 Å². The lowest BCUT2D eigenvalue weighted by atomic mass is 10.2. The van der Waals surface area contributed by atoms with Crippen molar-refractivity contribution in [2.24, 2.45) is 5.10 Å². The van der Waals surface area contributed by atoms with Gasteiger partial charge in [0.2, 0.25) is 0 Å². The number of benzene rings is 3. The summed E-state index contributed by atoms with van der Waals surface area (Å²) in [6.07, 6.45) is 3.33. The van der Waals surface area contributed by atoms with Crippen molar-refractivity contribution in [3.8, 4) is 11.5 Å². The summed E-state index contributed by atoms with van der Waals surface area (Å²) in [6, 6.07) is 24.9. The van der Waals surface area contributed by atoms with Gasteiger partial charge in [-0.3, -0.25) is 9.48 Å². The molecule has 8 heteroatoms. The van der Waals surface area contributed by atoms with Crippen molar-refractivity contribution in [3.63, 3.8) is 0 Å². The fourth-order valence-corrected chi connectivity index (χ4v) is 3.67. The topological polar surface area (TPSA) is 68.5 Å². The fraction of sp³-hybridized carbons (Fsp3) is 0.0417. The van der Waals surface area contributed by atoms with E-state index in [1.54, 1.807) is 17.1 Å². The van der Waals surface area contributed by atoms with Crippen molar-refractivity contribution in [3.05, 3.63) is 111 Å². The third-order valence-corrected chi connectivity index (χ3v) is 5.52. The van der Waals surface area contributed by atoms with Crippen LogP contribution in [-0.4, -0.2) is 21.9 Å². The van der Waals surface area contributed by atoms with Crippen molar-refractivity contribution in [2.75, 3.05) is 0 Å². The molecule has 0 aliphatic rings. The molecule has 1 heterocycles. The number of ether oxygens (including phenoxy) is 1.